The van der Waals surface area contributed by atoms with Gasteiger partial charge in [-0.1, -0.05) is 26.7 Å². The van der Waals surface area contributed by atoms with Crippen LogP contribution in [0, 0.1) is 5.92 Å². The molecule has 0 aliphatic rings. The largest absolute Gasteiger partial charge is 0.251 e. The Morgan fingerprint density at radius 1 is 1.29 bits per heavy atom. The van der Waals surface area contributed by atoms with E-state index in [-0.39, 0.29) is 6.67 Å². The first-order valence-corrected chi connectivity index (χ1v) is 2.91. The molecule has 0 saturated heterocycles. The van der Waals surface area contributed by atoms with Gasteiger partial charge in [-0.15, -0.1) is 0 Å². The highest BCUT2D eigenvalue weighted by Gasteiger charge is 1.98. The summed E-state index contributed by atoms with van der Waals surface area (Å²) in [5.74, 6) is 0.319. The van der Waals surface area contributed by atoms with Crippen molar-refractivity contribution in [3.63, 3.8) is 0 Å². The molecule has 7 heavy (non-hydrogen) atoms. The zero-order chi connectivity index (χ0) is 5.70. The molecule has 0 aromatic rings. The van der Waals surface area contributed by atoms with Crippen LogP contribution < -0.4 is 0 Å². The van der Waals surface area contributed by atoms with Crippen LogP contribution in [0.2, 0.25) is 0 Å². The van der Waals surface area contributed by atoms with Crippen molar-refractivity contribution in [3.8, 4) is 0 Å². The summed E-state index contributed by atoms with van der Waals surface area (Å²) in [6.45, 7) is 3.90. The molecule has 0 bridgehead atoms. The fourth-order valence-corrected chi connectivity index (χ4v) is 0.507. The van der Waals surface area contributed by atoms with Crippen LogP contribution in [0.1, 0.15) is 26.7 Å². The third kappa shape index (κ3) is 2.60. The number of alkyl halides is 1. The van der Waals surface area contributed by atoms with E-state index >= 15 is 0 Å². The minimum atomic E-state index is -0.146. The molecule has 0 radical (unpaired) electrons. The van der Waals surface area contributed by atoms with Gasteiger partial charge in [-0.2, -0.15) is 0 Å². The number of halogens is 1. The average Bonchev–Trinajstić information content (AvgIpc) is 1.72. The Morgan fingerprint density at radius 3 is 1.71 bits per heavy atom. The first-order valence-electron chi connectivity index (χ1n) is 2.91. The minimum absolute atomic E-state index is 0.146. The molecule has 0 atom stereocenters. The maximum Gasteiger partial charge on any atom is 0.0922 e. The Morgan fingerprint density at radius 2 is 1.71 bits per heavy atom. The Bertz CT molecular complexity index is 25.7. The molecule has 0 fully saturated rings. The summed E-state index contributed by atoms with van der Waals surface area (Å²) in [5.41, 5.74) is 0. The Labute approximate surface area is 44.7 Å². The molecule has 0 aromatic heterocycles. The molecule has 1 heteroatoms. The molecule has 0 rings (SSSR count). The molecule has 0 aromatic carbocycles. The van der Waals surface area contributed by atoms with E-state index in [4.69, 9.17) is 0 Å². The van der Waals surface area contributed by atoms with Crippen LogP contribution >= 0.6 is 0 Å². The van der Waals surface area contributed by atoms with E-state index in [2.05, 4.69) is 0 Å². The Hall–Kier alpha value is -0.0700. The molecule has 0 amide bonds. The van der Waals surface area contributed by atoms with Gasteiger partial charge in [0.2, 0.25) is 0 Å². The lowest BCUT2D eigenvalue weighted by Crippen LogP contribution is -1.97. The van der Waals surface area contributed by atoms with Crippen LogP contribution in [-0.2, 0) is 0 Å². The van der Waals surface area contributed by atoms with Crippen LogP contribution in [0.5, 0.6) is 0 Å². The van der Waals surface area contributed by atoms with Crippen LogP contribution in [0.25, 0.3) is 0 Å². The second-order valence-electron chi connectivity index (χ2n) is 1.84. The number of rotatable bonds is 3. The van der Waals surface area contributed by atoms with Crippen LogP contribution in [0.3, 0.4) is 0 Å². The van der Waals surface area contributed by atoms with E-state index in [0.717, 1.165) is 12.8 Å². The summed E-state index contributed by atoms with van der Waals surface area (Å²) in [6, 6.07) is 0. The highest BCUT2D eigenvalue weighted by Crippen LogP contribution is 2.06. The summed E-state index contributed by atoms with van der Waals surface area (Å²) < 4.78 is 11.7. The molecular formula is C6H13F. The standard InChI is InChI=1S/C6H13F/c1-3-6(4-2)5-7/h6H,3-5H2,1-2H3. The highest BCUT2D eigenvalue weighted by molar-refractivity contribution is 4.49. The quantitative estimate of drug-likeness (QED) is 0.515. The SMILES string of the molecule is CCC(CC)CF. The van der Waals surface area contributed by atoms with Gasteiger partial charge in [-0.25, -0.2) is 0 Å². The second-order valence-corrected chi connectivity index (χ2v) is 1.84. The molecule has 0 aliphatic heterocycles. The van der Waals surface area contributed by atoms with Gasteiger partial charge in [0.25, 0.3) is 0 Å². The van der Waals surface area contributed by atoms with Gasteiger partial charge in [0, 0.05) is 0 Å². The van der Waals surface area contributed by atoms with Gasteiger partial charge < -0.3 is 0 Å². The van der Waals surface area contributed by atoms with Crippen LogP contribution in [-0.4, -0.2) is 6.67 Å². The smallest absolute Gasteiger partial charge is 0.0922 e. The van der Waals surface area contributed by atoms with E-state index in [1.807, 2.05) is 13.8 Å². The van der Waals surface area contributed by atoms with Crippen molar-refractivity contribution < 1.29 is 4.39 Å². The summed E-state index contributed by atoms with van der Waals surface area (Å²) >= 11 is 0. The normalized spacial score (nSPS) is 10.3. The van der Waals surface area contributed by atoms with Gasteiger partial charge in [0.1, 0.15) is 0 Å². The molecule has 44 valence electrons. The van der Waals surface area contributed by atoms with E-state index in [0.29, 0.717) is 5.92 Å². The highest BCUT2D eigenvalue weighted by atomic mass is 19.1. The van der Waals surface area contributed by atoms with Gasteiger partial charge in [0.05, 0.1) is 6.67 Å². The molecule has 0 spiro atoms. The van der Waals surface area contributed by atoms with Crippen molar-refractivity contribution in [2.75, 3.05) is 6.67 Å². The fourth-order valence-electron chi connectivity index (χ4n) is 0.507. The third-order valence-electron chi connectivity index (χ3n) is 1.37. The van der Waals surface area contributed by atoms with Gasteiger partial charge in [-0.05, 0) is 5.92 Å². The lowest BCUT2D eigenvalue weighted by Gasteiger charge is -2.02. The monoisotopic (exact) mass is 104 g/mol. The zero-order valence-corrected chi connectivity index (χ0v) is 5.08. The topological polar surface area (TPSA) is 0 Å². The predicted octanol–water partition coefficient (Wildman–Crippen LogP) is 2.39. The summed E-state index contributed by atoms with van der Waals surface area (Å²) in [4.78, 5) is 0. The van der Waals surface area contributed by atoms with Crippen LogP contribution in [0.15, 0.2) is 0 Å². The average molecular weight is 104 g/mol. The lowest BCUT2D eigenvalue weighted by molar-refractivity contribution is 0.345. The molecule has 0 nitrogen and oxygen atoms in total. The summed E-state index contributed by atoms with van der Waals surface area (Å²) in [6.07, 6.45) is 1.96. The van der Waals surface area contributed by atoms with E-state index in [9.17, 15) is 4.39 Å². The Kier molecular flexibility index (Phi) is 4.06. The summed E-state index contributed by atoms with van der Waals surface area (Å²) in [5, 5.41) is 0. The first kappa shape index (κ1) is 6.93. The first-order chi connectivity index (χ1) is 3.35. The van der Waals surface area contributed by atoms with Crippen molar-refractivity contribution in [1.82, 2.24) is 0 Å². The molecule has 0 aliphatic carbocycles. The molecular weight excluding hydrogens is 91.1 g/mol. The van der Waals surface area contributed by atoms with Gasteiger partial charge in [-0.3, -0.25) is 4.39 Å². The number of hydrogen-bond acceptors (Lipinski definition) is 0. The lowest BCUT2D eigenvalue weighted by atomic mass is 10.1. The third-order valence-corrected chi connectivity index (χ3v) is 1.37. The fraction of sp³-hybridized carbons (Fsp3) is 1.00. The predicted molar refractivity (Wildman–Crippen MR) is 30.0 cm³/mol. The van der Waals surface area contributed by atoms with Crippen molar-refractivity contribution >= 4 is 0 Å². The zero-order valence-electron chi connectivity index (χ0n) is 5.08. The van der Waals surface area contributed by atoms with Crippen molar-refractivity contribution in [3.05, 3.63) is 0 Å². The number of hydrogen-bond donors (Lipinski definition) is 0. The molecule has 0 unspecified atom stereocenters. The summed E-state index contributed by atoms with van der Waals surface area (Å²) in [7, 11) is 0. The van der Waals surface area contributed by atoms with Crippen molar-refractivity contribution in [2.24, 2.45) is 5.92 Å². The second kappa shape index (κ2) is 4.10. The van der Waals surface area contributed by atoms with Gasteiger partial charge in [0.15, 0.2) is 0 Å². The van der Waals surface area contributed by atoms with E-state index < -0.39 is 0 Å². The molecule has 0 heterocycles. The maximum atomic E-state index is 11.7. The molecule has 0 N–H and O–H groups in total. The maximum absolute atomic E-state index is 11.7. The minimum Gasteiger partial charge on any atom is -0.251 e. The van der Waals surface area contributed by atoms with E-state index in [1.54, 1.807) is 0 Å². The van der Waals surface area contributed by atoms with E-state index in [1.165, 1.54) is 0 Å². The van der Waals surface area contributed by atoms with Crippen molar-refractivity contribution in [1.29, 1.82) is 0 Å². The molecule has 0 saturated carbocycles. The Balaban J connectivity index is 2.99. The van der Waals surface area contributed by atoms with Gasteiger partial charge >= 0.3 is 0 Å². The van der Waals surface area contributed by atoms with Crippen molar-refractivity contribution in [2.45, 2.75) is 26.7 Å². The van der Waals surface area contributed by atoms with Crippen LogP contribution in [0.4, 0.5) is 4.39 Å².